The molecule has 13 heteroatoms. The summed E-state index contributed by atoms with van der Waals surface area (Å²) in [4.78, 5) is 12.0. The van der Waals surface area contributed by atoms with Gasteiger partial charge in [0, 0.05) is 0 Å². The lowest BCUT2D eigenvalue weighted by molar-refractivity contribution is -0.156. The Balaban J connectivity index is 3.35. The highest BCUT2D eigenvalue weighted by molar-refractivity contribution is 7.89. The number of sulfonamides is 1. The van der Waals surface area contributed by atoms with Gasteiger partial charge in [-0.3, -0.25) is 9.36 Å². The summed E-state index contributed by atoms with van der Waals surface area (Å²) in [6, 6.07) is 2.41. The summed E-state index contributed by atoms with van der Waals surface area (Å²) < 4.78 is 95.7. The zero-order valence-corrected chi connectivity index (χ0v) is 19.4. The van der Waals surface area contributed by atoms with Gasteiger partial charge in [-0.1, -0.05) is 17.7 Å². The minimum Gasteiger partial charge on any atom is -0.465 e. The standard InChI is InChI=1S/C18H27F3NO7PS/c1-5-27-17(23)15(30(24,28-6-2)29-7-3)12-16(18(19,20)21)22-31(25,26)14-10-8-13(4)9-11-14/h8-11,15-16,22H,5-7,12H2,1-4H3/t15?,16-/m0/s1. The van der Waals surface area contributed by atoms with E-state index in [1.54, 1.807) is 11.6 Å². The van der Waals surface area contributed by atoms with Crippen molar-refractivity contribution in [2.45, 2.75) is 56.9 Å². The molecule has 0 aliphatic heterocycles. The summed E-state index contributed by atoms with van der Waals surface area (Å²) >= 11 is 0. The molecule has 178 valence electrons. The third-order valence-electron chi connectivity index (χ3n) is 4.04. The van der Waals surface area contributed by atoms with E-state index < -0.39 is 52.8 Å². The molecule has 0 saturated carbocycles. The van der Waals surface area contributed by atoms with Crippen LogP contribution in [0.4, 0.5) is 13.2 Å². The van der Waals surface area contributed by atoms with E-state index in [4.69, 9.17) is 13.8 Å². The van der Waals surface area contributed by atoms with Crippen LogP contribution in [0.1, 0.15) is 32.8 Å². The maximum Gasteiger partial charge on any atom is 0.404 e. The number of ether oxygens (including phenoxy) is 1. The molecule has 0 radical (unpaired) electrons. The van der Waals surface area contributed by atoms with Gasteiger partial charge in [0.15, 0.2) is 5.66 Å². The molecule has 1 rings (SSSR count). The molecule has 0 heterocycles. The smallest absolute Gasteiger partial charge is 0.404 e. The van der Waals surface area contributed by atoms with Crippen LogP contribution in [0, 0.1) is 6.92 Å². The molecular weight excluding hydrogens is 462 g/mol. The lowest BCUT2D eigenvalue weighted by Crippen LogP contribution is -2.48. The van der Waals surface area contributed by atoms with Gasteiger partial charge in [-0.15, -0.1) is 0 Å². The lowest BCUT2D eigenvalue weighted by Gasteiger charge is -2.29. The Bertz CT molecular complexity index is 865. The summed E-state index contributed by atoms with van der Waals surface area (Å²) in [5.41, 5.74) is -1.28. The molecule has 1 aromatic carbocycles. The van der Waals surface area contributed by atoms with E-state index in [0.717, 1.165) is 12.1 Å². The molecule has 0 bridgehead atoms. The van der Waals surface area contributed by atoms with E-state index in [0.29, 0.717) is 5.56 Å². The fourth-order valence-corrected chi connectivity index (χ4v) is 5.81. The van der Waals surface area contributed by atoms with Crippen LogP contribution in [0.2, 0.25) is 0 Å². The quantitative estimate of drug-likeness (QED) is 0.352. The van der Waals surface area contributed by atoms with Crippen molar-refractivity contribution in [3.05, 3.63) is 29.8 Å². The van der Waals surface area contributed by atoms with Crippen molar-refractivity contribution in [2.75, 3.05) is 19.8 Å². The van der Waals surface area contributed by atoms with Crippen LogP contribution in [0.25, 0.3) is 0 Å². The van der Waals surface area contributed by atoms with Crippen LogP contribution in [0.3, 0.4) is 0 Å². The Morgan fingerprint density at radius 1 is 1.06 bits per heavy atom. The normalized spacial score (nSPS) is 14.8. The first-order valence-corrected chi connectivity index (χ1v) is 12.6. The number of benzene rings is 1. The Hall–Kier alpha value is -1.46. The van der Waals surface area contributed by atoms with Gasteiger partial charge in [-0.05, 0) is 46.2 Å². The molecule has 1 unspecified atom stereocenters. The summed E-state index contributed by atoms with van der Waals surface area (Å²) in [6.07, 6.45) is -6.34. The Kier molecular flexibility index (Phi) is 10.2. The average Bonchev–Trinajstić information content (AvgIpc) is 2.64. The molecule has 0 spiro atoms. The number of alkyl halides is 3. The van der Waals surface area contributed by atoms with Crippen LogP contribution in [0.15, 0.2) is 29.2 Å². The first-order valence-electron chi connectivity index (χ1n) is 9.51. The van der Waals surface area contributed by atoms with Crippen LogP contribution < -0.4 is 4.72 Å². The third kappa shape index (κ3) is 7.87. The van der Waals surface area contributed by atoms with Gasteiger partial charge >= 0.3 is 19.7 Å². The number of carbonyl (C=O) groups excluding carboxylic acids is 1. The van der Waals surface area contributed by atoms with Crippen LogP contribution >= 0.6 is 7.60 Å². The van der Waals surface area contributed by atoms with Crippen molar-refractivity contribution < 1.29 is 44.7 Å². The van der Waals surface area contributed by atoms with E-state index in [1.807, 2.05) is 0 Å². The zero-order chi connectivity index (χ0) is 23.9. The molecule has 2 atom stereocenters. The molecule has 0 aliphatic carbocycles. The number of esters is 1. The molecule has 31 heavy (non-hydrogen) atoms. The minimum atomic E-state index is -5.11. The van der Waals surface area contributed by atoms with E-state index in [-0.39, 0.29) is 19.8 Å². The first kappa shape index (κ1) is 27.6. The summed E-state index contributed by atoms with van der Waals surface area (Å²) in [7, 11) is -9.00. The predicted molar refractivity (Wildman–Crippen MR) is 107 cm³/mol. The first-order chi connectivity index (χ1) is 14.3. The van der Waals surface area contributed by atoms with Crippen molar-refractivity contribution in [1.29, 1.82) is 0 Å². The molecule has 0 fully saturated rings. The van der Waals surface area contributed by atoms with Gasteiger partial charge in [-0.2, -0.15) is 17.9 Å². The van der Waals surface area contributed by atoms with Gasteiger partial charge < -0.3 is 13.8 Å². The van der Waals surface area contributed by atoms with Crippen molar-refractivity contribution in [1.82, 2.24) is 4.72 Å². The van der Waals surface area contributed by atoms with E-state index >= 15 is 0 Å². The monoisotopic (exact) mass is 489 g/mol. The topological polar surface area (TPSA) is 108 Å². The molecular formula is C18H27F3NO7PS. The number of nitrogens with one attached hydrogen (secondary N) is 1. The fraction of sp³-hybridized carbons (Fsp3) is 0.611. The van der Waals surface area contributed by atoms with E-state index in [9.17, 15) is 30.9 Å². The molecule has 1 aromatic rings. The minimum absolute atomic E-state index is 0.195. The average molecular weight is 489 g/mol. The van der Waals surface area contributed by atoms with Gasteiger partial charge in [-0.25, -0.2) is 8.42 Å². The van der Waals surface area contributed by atoms with Gasteiger partial charge in [0.1, 0.15) is 6.04 Å². The number of hydrogen-bond donors (Lipinski definition) is 1. The summed E-state index contributed by atoms with van der Waals surface area (Å²) in [5.74, 6) is -1.24. The second-order valence-electron chi connectivity index (χ2n) is 6.41. The van der Waals surface area contributed by atoms with Crippen LogP contribution in [-0.2, 0) is 33.2 Å². The number of aryl methyl sites for hydroxylation is 1. The third-order valence-corrected chi connectivity index (χ3v) is 7.95. The van der Waals surface area contributed by atoms with E-state index in [1.165, 1.54) is 32.9 Å². The number of halogens is 3. The Morgan fingerprint density at radius 3 is 2.00 bits per heavy atom. The Morgan fingerprint density at radius 2 is 1.58 bits per heavy atom. The van der Waals surface area contributed by atoms with Gasteiger partial charge in [0.05, 0.1) is 24.7 Å². The molecule has 1 N–H and O–H groups in total. The largest absolute Gasteiger partial charge is 0.465 e. The van der Waals surface area contributed by atoms with Crippen molar-refractivity contribution in [3.8, 4) is 0 Å². The summed E-state index contributed by atoms with van der Waals surface area (Å²) in [6.45, 7) is 5.34. The number of carbonyl (C=O) groups is 1. The number of rotatable bonds is 12. The highest BCUT2D eigenvalue weighted by Gasteiger charge is 2.50. The van der Waals surface area contributed by atoms with Crippen molar-refractivity contribution >= 4 is 23.6 Å². The van der Waals surface area contributed by atoms with Crippen molar-refractivity contribution in [2.24, 2.45) is 0 Å². The number of hydrogen-bond acceptors (Lipinski definition) is 7. The second-order valence-corrected chi connectivity index (χ2v) is 10.3. The highest BCUT2D eigenvalue weighted by atomic mass is 32.2. The van der Waals surface area contributed by atoms with Gasteiger partial charge in [0.2, 0.25) is 10.0 Å². The predicted octanol–water partition coefficient (Wildman–Crippen LogP) is 3.79. The van der Waals surface area contributed by atoms with Crippen LogP contribution in [-0.4, -0.2) is 52.1 Å². The molecule has 0 aromatic heterocycles. The van der Waals surface area contributed by atoms with Gasteiger partial charge in [0.25, 0.3) is 0 Å². The van der Waals surface area contributed by atoms with Crippen LogP contribution in [0.5, 0.6) is 0 Å². The maximum absolute atomic E-state index is 13.7. The second kappa shape index (κ2) is 11.4. The molecule has 0 saturated heterocycles. The van der Waals surface area contributed by atoms with E-state index in [2.05, 4.69) is 0 Å². The maximum atomic E-state index is 13.7. The fourth-order valence-electron chi connectivity index (χ4n) is 2.61. The molecule has 0 aliphatic rings. The summed E-state index contributed by atoms with van der Waals surface area (Å²) in [5, 5.41) is 0. The Labute approximate surface area is 180 Å². The molecule has 0 amide bonds. The zero-order valence-electron chi connectivity index (χ0n) is 17.6. The SMILES string of the molecule is CCOC(=O)C(C[C@H](NS(=O)(=O)c1ccc(C)cc1)C(F)(F)F)P(=O)(OCC)OCC. The molecule has 8 nitrogen and oxygen atoms in total. The lowest BCUT2D eigenvalue weighted by atomic mass is 10.1. The van der Waals surface area contributed by atoms with Crippen molar-refractivity contribution in [3.63, 3.8) is 0 Å². The highest BCUT2D eigenvalue weighted by Crippen LogP contribution is 2.55.